The van der Waals surface area contributed by atoms with Crippen LogP contribution in [0.4, 0.5) is 10.2 Å². The molecule has 3 aromatic rings. The lowest BCUT2D eigenvalue weighted by molar-refractivity contribution is 0.0740. The van der Waals surface area contributed by atoms with E-state index in [0.29, 0.717) is 11.7 Å². The van der Waals surface area contributed by atoms with Gasteiger partial charge in [0.1, 0.15) is 23.2 Å². The van der Waals surface area contributed by atoms with Gasteiger partial charge in [-0.2, -0.15) is 0 Å². The molecular formula is C23H27FN6O2. The summed E-state index contributed by atoms with van der Waals surface area (Å²) < 4.78 is 19.2. The Kier molecular flexibility index (Phi) is 6.45. The zero-order valence-electron chi connectivity index (χ0n) is 18.5. The van der Waals surface area contributed by atoms with Gasteiger partial charge in [-0.05, 0) is 31.5 Å². The number of piperidine rings is 1. The third-order valence-corrected chi connectivity index (χ3v) is 5.55. The second-order valence-electron chi connectivity index (χ2n) is 8.22. The minimum absolute atomic E-state index is 0.0335. The van der Waals surface area contributed by atoms with E-state index in [1.165, 1.54) is 17.0 Å². The van der Waals surface area contributed by atoms with Gasteiger partial charge >= 0.3 is 0 Å². The maximum atomic E-state index is 14.0. The van der Waals surface area contributed by atoms with Gasteiger partial charge in [0.25, 0.3) is 5.91 Å². The number of rotatable bonds is 6. The number of nitrogens with zero attached hydrogens (tertiary/aromatic N) is 5. The van der Waals surface area contributed by atoms with Crippen LogP contribution in [-0.4, -0.2) is 60.2 Å². The summed E-state index contributed by atoms with van der Waals surface area (Å²) in [7, 11) is 5.52. The van der Waals surface area contributed by atoms with Crippen molar-refractivity contribution in [2.24, 2.45) is 0 Å². The molecule has 0 bridgehead atoms. The Balaban J connectivity index is 1.53. The normalized spacial score (nSPS) is 16.1. The highest BCUT2D eigenvalue weighted by Gasteiger charge is 2.23. The van der Waals surface area contributed by atoms with Crippen molar-refractivity contribution in [1.29, 1.82) is 0 Å². The summed E-state index contributed by atoms with van der Waals surface area (Å²) in [6, 6.07) is 9.70. The van der Waals surface area contributed by atoms with Crippen LogP contribution >= 0.6 is 0 Å². The van der Waals surface area contributed by atoms with Crippen molar-refractivity contribution in [3.05, 3.63) is 59.5 Å². The molecule has 9 heteroatoms. The minimum Gasteiger partial charge on any atom is -0.363 e. The highest BCUT2D eigenvalue weighted by atomic mass is 19.1. The Morgan fingerprint density at radius 3 is 2.75 bits per heavy atom. The van der Waals surface area contributed by atoms with Gasteiger partial charge in [0.2, 0.25) is 5.76 Å². The topological polar surface area (TPSA) is 87.4 Å². The van der Waals surface area contributed by atoms with Crippen LogP contribution in [-0.2, 0) is 6.54 Å². The number of carbonyl (C=O) groups excluding carboxylic acids is 1. The zero-order chi connectivity index (χ0) is 22.7. The number of hydrogen-bond donors (Lipinski definition) is 1. The SMILES string of the molecule is CN(Cc1nc([C@H]2CCCNC2)cc(N(C)C)n1)C(=O)c1cc(-c2ccccc2F)no1. The number of halogens is 1. The van der Waals surface area contributed by atoms with E-state index in [1.54, 1.807) is 25.2 Å². The largest absolute Gasteiger partial charge is 0.363 e. The van der Waals surface area contributed by atoms with Crippen LogP contribution in [0.15, 0.2) is 40.9 Å². The second kappa shape index (κ2) is 9.44. The highest BCUT2D eigenvalue weighted by molar-refractivity contribution is 5.92. The van der Waals surface area contributed by atoms with E-state index in [9.17, 15) is 9.18 Å². The van der Waals surface area contributed by atoms with Crippen LogP contribution in [0.1, 0.15) is 40.8 Å². The quantitative estimate of drug-likeness (QED) is 0.633. The first-order valence-electron chi connectivity index (χ1n) is 10.7. The Morgan fingerprint density at radius 2 is 2.03 bits per heavy atom. The van der Waals surface area contributed by atoms with Gasteiger partial charge in [-0.1, -0.05) is 17.3 Å². The summed E-state index contributed by atoms with van der Waals surface area (Å²) in [4.78, 5) is 25.7. The third kappa shape index (κ3) is 4.77. The Hall–Kier alpha value is -3.33. The summed E-state index contributed by atoms with van der Waals surface area (Å²) in [6.45, 7) is 2.12. The van der Waals surface area contributed by atoms with Gasteiger partial charge in [0.05, 0.1) is 12.2 Å². The van der Waals surface area contributed by atoms with E-state index >= 15 is 0 Å². The van der Waals surface area contributed by atoms with Crippen LogP contribution in [0, 0.1) is 5.82 Å². The molecule has 0 unspecified atom stereocenters. The molecule has 1 amide bonds. The number of amides is 1. The van der Waals surface area contributed by atoms with Crippen LogP contribution in [0.25, 0.3) is 11.3 Å². The van der Waals surface area contributed by atoms with Crippen molar-refractivity contribution < 1.29 is 13.7 Å². The summed E-state index contributed by atoms with van der Waals surface area (Å²) in [5, 5.41) is 7.28. The van der Waals surface area contributed by atoms with Crippen molar-refractivity contribution >= 4 is 11.7 Å². The highest BCUT2D eigenvalue weighted by Crippen LogP contribution is 2.25. The smallest absolute Gasteiger partial charge is 0.292 e. The molecule has 1 aliphatic rings. The van der Waals surface area contributed by atoms with Crippen LogP contribution in [0.5, 0.6) is 0 Å². The van der Waals surface area contributed by atoms with Gasteiger partial charge in [-0.25, -0.2) is 14.4 Å². The van der Waals surface area contributed by atoms with Crippen molar-refractivity contribution in [2.45, 2.75) is 25.3 Å². The lowest BCUT2D eigenvalue weighted by atomic mass is 9.96. The molecule has 1 N–H and O–H groups in total. The average molecular weight is 439 g/mol. The molecule has 4 rings (SSSR count). The van der Waals surface area contributed by atoms with Gasteiger partial charge in [-0.15, -0.1) is 0 Å². The molecule has 1 aromatic carbocycles. The van der Waals surface area contributed by atoms with E-state index in [4.69, 9.17) is 9.51 Å². The summed E-state index contributed by atoms with van der Waals surface area (Å²) in [5.74, 6) is 0.917. The monoisotopic (exact) mass is 438 g/mol. The fourth-order valence-corrected chi connectivity index (χ4v) is 3.76. The Labute approximate surface area is 186 Å². The molecule has 0 aliphatic carbocycles. The van der Waals surface area contributed by atoms with Crippen molar-refractivity contribution in [2.75, 3.05) is 39.1 Å². The molecule has 1 atom stereocenters. The van der Waals surface area contributed by atoms with Crippen molar-refractivity contribution in [3.8, 4) is 11.3 Å². The maximum absolute atomic E-state index is 14.0. The first-order chi connectivity index (χ1) is 15.4. The molecule has 0 spiro atoms. The second-order valence-corrected chi connectivity index (χ2v) is 8.22. The fraction of sp³-hybridized carbons (Fsp3) is 0.391. The van der Waals surface area contributed by atoms with Gasteiger partial charge < -0.3 is 19.6 Å². The van der Waals surface area contributed by atoms with Crippen LogP contribution in [0.3, 0.4) is 0 Å². The molecule has 32 heavy (non-hydrogen) atoms. The molecule has 168 valence electrons. The fourth-order valence-electron chi connectivity index (χ4n) is 3.76. The molecular weight excluding hydrogens is 411 g/mol. The molecule has 1 saturated heterocycles. The van der Waals surface area contributed by atoms with Crippen LogP contribution < -0.4 is 10.2 Å². The lowest BCUT2D eigenvalue weighted by Gasteiger charge is -2.24. The number of anilines is 1. The lowest BCUT2D eigenvalue weighted by Crippen LogP contribution is -2.30. The van der Waals surface area contributed by atoms with Gasteiger partial charge in [0, 0.05) is 51.3 Å². The molecule has 1 fully saturated rings. The number of benzene rings is 1. The van der Waals surface area contributed by atoms with Gasteiger partial charge in [-0.3, -0.25) is 4.79 Å². The number of hydrogen-bond acceptors (Lipinski definition) is 7. The van der Waals surface area contributed by atoms with Gasteiger partial charge in [0.15, 0.2) is 0 Å². The number of carbonyl (C=O) groups is 1. The standard InChI is InChI=1S/C23H27FN6O2/c1-29(2)22-12-18(15-7-6-10-25-13-15)26-21(27-22)14-30(3)23(31)20-11-19(28-32-20)16-8-4-5-9-17(16)24/h4-5,8-9,11-12,15,25H,6-7,10,13-14H2,1-3H3/t15-/m0/s1. The predicted molar refractivity (Wildman–Crippen MR) is 119 cm³/mol. The van der Waals surface area contributed by atoms with E-state index in [0.717, 1.165) is 37.4 Å². The van der Waals surface area contributed by atoms with E-state index in [-0.39, 0.29) is 29.5 Å². The summed E-state index contributed by atoms with van der Waals surface area (Å²) in [6.07, 6.45) is 2.18. The molecule has 1 aliphatic heterocycles. The average Bonchev–Trinajstić information content (AvgIpc) is 3.29. The number of aromatic nitrogens is 3. The first kappa shape index (κ1) is 21.9. The third-order valence-electron chi connectivity index (χ3n) is 5.55. The van der Waals surface area contributed by atoms with Crippen LogP contribution in [0.2, 0.25) is 0 Å². The Bertz CT molecular complexity index is 1090. The molecule has 2 aromatic heterocycles. The molecule has 0 radical (unpaired) electrons. The van der Waals surface area contributed by atoms with E-state index in [2.05, 4.69) is 15.5 Å². The van der Waals surface area contributed by atoms with E-state index < -0.39 is 5.82 Å². The van der Waals surface area contributed by atoms with Crippen molar-refractivity contribution in [3.63, 3.8) is 0 Å². The molecule has 0 saturated carbocycles. The minimum atomic E-state index is -0.424. The zero-order valence-corrected chi connectivity index (χ0v) is 18.5. The summed E-state index contributed by atoms with van der Waals surface area (Å²) >= 11 is 0. The molecule has 8 nitrogen and oxygen atoms in total. The first-order valence-corrected chi connectivity index (χ1v) is 10.7. The van der Waals surface area contributed by atoms with E-state index in [1.807, 2.05) is 25.1 Å². The predicted octanol–water partition coefficient (Wildman–Crippen LogP) is 3.08. The van der Waals surface area contributed by atoms with Crippen molar-refractivity contribution in [1.82, 2.24) is 25.3 Å². The molecule has 3 heterocycles. The maximum Gasteiger partial charge on any atom is 0.292 e. The Morgan fingerprint density at radius 1 is 1.22 bits per heavy atom. The number of nitrogens with one attached hydrogen (secondary N) is 1. The summed E-state index contributed by atoms with van der Waals surface area (Å²) in [5.41, 5.74) is 1.54.